The van der Waals surface area contributed by atoms with Gasteiger partial charge in [0, 0.05) is 35.9 Å². The summed E-state index contributed by atoms with van der Waals surface area (Å²) in [6, 6.07) is 2.96. The van der Waals surface area contributed by atoms with Crippen molar-refractivity contribution in [2.24, 2.45) is 5.10 Å². The van der Waals surface area contributed by atoms with Crippen molar-refractivity contribution in [2.75, 3.05) is 7.05 Å². The zero-order valence-corrected chi connectivity index (χ0v) is 18.7. The van der Waals surface area contributed by atoms with Gasteiger partial charge >= 0.3 is 0 Å². The van der Waals surface area contributed by atoms with Gasteiger partial charge in [0.15, 0.2) is 5.17 Å². The SMILES string of the molecule is CN(C1=NNC(c2c(F)cc(-c3cn[nH]c3)cc2F)S1)C1CC(C)(C)NC(C)(C)C1. The lowest BCUT2D eigenvalue weighted by molar-refractivity contribution is 0.115. The summed E-state index contributed by atoms with van der Waals surface area (Å²) in [6.07, 6.45) is 5.06. The molecule has 162 valence electrons. The molecule has 1 atom stereocenters. The third-order valence-electron chi connectivity index (χ3n) is 5.69. The van der Waals surface area contributed by atoms with Gasteiger partial charge in [-0.05, 0) is 58.2 Å². The van der Waals surface area contributed by atoms with Crippen molar-refractivity contribution < 1.29 is 8.78 Å². The van der Waals surface area contributed by atoms with Crippen molar-refractivity contribution in [2.45, 2.75) is 63.0 Å². The molecule has 2 aromatic rings. The fourth-order valence-corrected chi connectivity index (χ4v) is 5.75. The minimum atomic E-state index is -0.608. The van der Waals surface area contributed by atoms with E-state index in [0.717, 1.165) is 18.0 Å². The van der Waals surface area contributed by atoms with Crippen LogP contribution >= 0.6 is 11.8 Å². The van der Waals surface area contributed by atoms with Gasteiger partial charge in [0.1, 0.15) is 17.0 Å². The lowest BCUT2D eigenvalue weighted by atomic mass is 9.79. The Kier molecular flexibility index (Phi) is 5.30. The average molecular weight is 435 g/mol. The second-order valence-electron chi connectivity index (χ2n) is 9.43. The van der Waals surface area contributed by atoms with Crippen LogP contribution in [0.1, 0.15) is 51.5 Å². The molecule has 3 heterocycles. The summed E-state index contributed by atoms with van der Waals surface area (Å²) in [5.41, 5.74) is 3.99. The second-order valence-corrected chi connectivity index (χ2v) is 10.5. The van der Waals surface area contributed by atoms with Crippen LogP contribution in [0.2, 0.25) is 0 Å². The predicted octanol–water partition coefficient (Wildman–Crippen LogP) is 4.20. The Morgan fingerprint density at radius 1 is 1.07 bits per heavy atom. The van der Waals surface area contributed by atoms with Crippen LogP contribution in [0, 0.1) is 11.6 Å². The number of nitrogens with one attached hydrogen (secondary N) is 3. The fourth-order valence-electron chi connectivity index (χ4n) is 4.67. The molecule has 2 aliphatic heterocycles. The highest BCUT2D eigenvalue weighted by Gasteiger charge is 2.41. The van der Waals surface area contributed by atoms with E-state index in [9.17, 15) is 8.78 Å². The van der Waals surface area contributed by atoms with E-state index in [0.29, 0.717) is 11.1 Å². The van der Waals surface area contributed by atoms with E-state index in [4.69, 9.17) is 0 Å². The summed E-state index contributed by atoms with van der Waals surface area (Å²) in [7, 11) is 2.01. The molecule has 0 radical (unpaired) electrons. The minimum absolute atomic E-state index is 0.00152. The summed E-state index contributed by atoms with van der Waals surface area (Å²) >= 11 is 1.34. The number of hydrogen-bond donors (Lipinski definition) is 3. The molecule has 1 unspecified atom stereocenters. The first-order valence-corrected chi connectivity index (χ1v) is 10.9. The van der Waals surface area contributed by atoms with Crippen LogP contribution in [-0.4, -0.2) is 44.4 Å². The van der Waals surface area contributed by atoms with Gasteiger partial charge in [-0.2, -0.15) is 10.2 Å². The molecule has 1 saturated heterocycles. The number of nitrogens with zero attached hydrogens (tertiary/aromatic N) is 3. The quantitative estimate of drug-likeness (QED) is 0.676. The van der Waals surface area contributed by atoms with Crippen molar-refractivity contribution in [3.8, 4) is 11.1 Å². The van der Waals surface area contributed by atoms with Gasteiger partial charge in [0.25, 0.3) is 0 Å². The molecule has 9 heteroatoms. The number of H-pyrrole nitrogens is 1. The number of hydrazone groups is 1. The van der Waals surface area contributed by atoms with Crippen LogP contribution in [0.25, 0.3) is 11.1 Å². The number of hydrogen-bond acceptors (Lipinski definition) is 6. The van der Waals surface area contributed by atoms with Gasteiger partial charge in [-0.1, -0.05) is 11.8 Å². The molecule has 30 heavy (non-hydrogen) atoms. The number of halogens is 2. The first-order valence-electron chi connectivity index (χ1n) is 10.0. The molecule has 1 fully saturated rings. The predicted molar refractivity (Wildman–Crippen MR) is 117 cm³/mol. The molecule has 0 saturated carbocycles. The molecule has 0 spiro atoms. The highest BCUT2D eigenvalue weighted by atomic mass is 32.2. The van der Waals surface area contributed by atoms with Gasteiger partial charge in [0.2, 0.25) is 0 Å². The molecule has 0 amide bonds. The maximum Gasteiger partial charge on any atom is 0.185 e. The number of rotatable bonds is 3. The van der Waals surface area contributed by atoms with Crippen LogP contribution < -0.4 is 10.7 Å². The maximum absolute atomic E-state index is 14.8. The summed E-state index contributed by atoms with van der Waals surface area (Å²) < 4.78 is 29.7. The van der Waals surface area contributed by atoms with Crippen LogP contribution in [0.15, 0.2) is 29.6 Å². The van der Waals surface area contributed by atoms with Crippen LogP contribution in [-0.2, 0) is 0 Å². The maximum atomic E-state index is 14.8. The Labute approximate surface area is 179 Å². The van der Waals surface area contributed by atoms with Crippen molar-refractivity contribution in [1.29, 1.82) is 0 Å². The highest BCUT2D eigenvalue weighted by molar-refractivity contribution is 8.14. The standard InChI is InChI=1S/C21H28F2N6S/c1-20(2)8-14(9-21(3,4)28-20)29(5)19-27-26-18(30-19)17-15(22)6-12(7-16(17)23)13-10-24-25-11-13/h6-7,10-11,14,18,26,28H,8-9H2,1-5H3,(H,24,25). The second kappa shape index (κ2) is 7.53. The smallest absolute Gasteiger partial charge is 0.185 e. The monoisotopic (exact) mass is 434 g/mol. The van der Waals surface area contributed by atoms with E-state index in [2.05, 4.69) is 58.6 Å². The summed E-state index contributed by atoms with van der Waals surface area (Å²) in [5, 5.41) is 14.7. The zero-order chi connectivity index (χ0) is 21.7. The molecule has 1 aromatic heterocycles. The van der Waals surface area contributed by atoms with Gasteiger partial charge in [-0.25, -0.2) is 8.78 Å². The summed E-state index contributed by atoms with van der Waals surface area (Å²) in [5.74, 6) is -1.20. The molecular weight excluding hydrogens is 406 g/mol. The highest BCUT2D eigenvalue weighted by Crippen LogP contribution is 2.39. The first kappa shape index (κ1) is 21.1. The number of benzene rings is 1. The van der Waals surface area contributed by atoms with Gasteiger partial charge < -0.3 is 10.2 Å². The largest absolute Gasteiger partial charge is 0.350 e. The normalized spacial score (nSPS) is 23.2. The molecule has 4 rings (SSSR count). The number of piperidine rings is 1. The number of amidine groups is 1. The van der Waals surface area contributed by atoms with Gasteiger partial charge in [-0.3, -0.25) is 10.5 Å². The van der Waals surface area contributed by atoms with Gasteiger partial charge in [0.05, 0.1) is 11.8 Å². The Morgan fingerprint density at radius 2 is 1.70 bits per heavy atom. The molecule has 0 bridgehead atoms. The number of thioether (sulfide) groups is 1. The van der Waals surface area contributed by atoms with E-state index < -0.39 is 17.0 Å². The average Bonchev–Trinajstić information content (AvgIpc) is 3.30. The van der Waals surface area contributed by atoms with Crippen molar-refractivity contribution in [1.82, 2.24) is 25.8 Å². The topological polar surface area (TPSA) is 68.3 Å². The van der Waals surface area contributed by atoms with E-state index in [1.165, 1.54) is 30.1 Å². The molecule has 2 aliphatic rings. The third kappa shape index (κ3) is 4.18. The Balaban J connectivity index is 1.50. The molecule has 0 aliphatic carbocycles. The first-order chi connectivity index (χ1) is 14.0. The van der Waals surface area contributed by atoms with Crippen molar-refractivity contribution in [3.05, 3.63) is 41.7 Å². The van der Waals surface area contributed by atoms with Crippen molar-refractivity contribution in [3.63, 3.8) is 0 Å². The lowest BCUT2D eigenvalue weighted by Crippen LogP contribution is -2.62. The Bertz CT molecular complexity index is 917. The Hall–Kier alpha value is -2.13. The molecule has 6 nitrogen and oxygen atoms in total. The van der Waals surface area contributed by atoms with Crippen LogP contribution in [0.4, 0.5) is 8.78 Å². The Morgan fingerprint density at radius 3 is 2.27 bits per heavy atom. The van der Waals surface area contributed by atoms with Crippen LogP contribution in [0.3, 0.4) is 0 Å². The van der Waals surface area contributed by atoms with E-state index in [1.54, 1.807) is 6.20 Å². The van der Waals surface area contributed by atoms with E-state index in [1.807, 2.05) is 7.05 Å². The fraction of sp³-hybridized carbons (Fsp3) is 0.524. The minimum Gasteiger partial charge on any atom is -0.350 e. The third-order valence-corrected chi connectivity index (χ3v) is 6.86. The van der Waals surface area contributed by atoms with Crippen molar-refractivity contribution >= 4 is 16.9 Å². The van der Waals surface area contributed by atoms with E-state index in [-0.39, 0.29) is 22.7 Å². The molecule has 1 aromatic carbocycles. The summed E-state index contributed by atoms with van der Waals surface area (Å²) in [4.78, 5) is 2.14. The lowest BCUT2D eigenvalue weighted by Gasteiger charge is -2.49. The zero-order valence-electron chi connectivity index (χ0n) is 17.9. The number of aromatic nitrogens is 2. The molecule has 3 N–H and O–H groups in total. The van der Waals surface area contributed by atoms with E-state index >= 15 is 0 Å². The van der Waals surface area contributed by atoms with Gasteiger partial charge in [-0.15, -0.1) is 0 Å². The summed E-state index contributed by atoms with van der Waals surface area (Å²) in [6.45, 7) is 8.80. The van der Waals surface area contributed by atoms with Crippen LogP contribution in [0.5, 0.6) is 0 Å². The molecular formula is C21H28F2N6S. The number of aromatic amines is 1.